The highest BCUT2D eigenvalue weighted by Gasteiger charge is 2.21. The number of rotatable bonds is 5. The van der Waals surface area contributed by atoms with E-state index in [1.165, 1.54) is 5.57 Å². The summed E-state index contributed by atoms with van der Waals surface area (Å²) in [6.45, 7) is 5.20. The van der Waals surface area contributed by atoms with Gasteiger partial charge in [0.2, 0.25) is 0 Å². The number of imidazole rings is 1. The summed E-state index contributed by atoms with van der Waals surface area (Å²) in [5.74, 6) is 6.10. The molecule has 2 radical (unpaired) electrons. The van der Waals surface area contributed by atoms with E-state index in [-0.39, 0.29) is 5.82 Å². The number of hydrogen-bond acceptors (Lipinski definition) is 7. The third kappa shape index (κ3) is 5.62. The second-order valence-corrected chi connectivity index (χ2v) is 9.06. The molecule has 35 heavy (non-hydrogen) atoms. The van der Waals surface area contributed by atoms with Crippen molar-refractivity contribution in [3.05, 3.63) is 83.2 Å². The quantitative estimate of drug-likeness (QED) is 0.336. The number of pyridine rings is 1. The number of piperazine rings is 1. The first-order valence-electron chi connectivity index (χ1n) is 11.8. The number of fused-ring (bicyclic) bond motifs is 1. The molecule has 0 amide bonds. The maximum absolute atomic E-state index is 10.8. The Morgan fingerprint density at radius 1 is 1.17 bits per heavy atom. The van der Waals surface area contributed by atoms with Crippen molar-refractivity contribution in [1.82, 2.24) is 34.7 Å². The molecule has 0 saturated carbocycles. The molecular formula is C26H28BN7O. The van der Waals surface area contributed by atoms with Gasteiger partial charge in [0.15, 0.2) is 11.9 Å². The van der Waals surface area contributed by atoms with Gasteiger partial charge in [-0.15, -0.1) is 0 Å². The fourth-order valence-corrected chi connectivity index (χ4v) is 4.29. The van der Waals surface area contributed by atoms with Crippen LogP contribution in [0, 0.1) is 11.8 Å². The lowest BCUT2D eigenvalue weighted by atomic mass is 9.74. The second kappa shape index (κ2) is 10.4. The van der Waals surface area contributed by atoms with Gasteiger partial charge in [0.1, 0.15) is 5.69 Å². The van der Waals surface area contributed by atoms with Gasteiger partial charge in [-0.3, -0.25) is 9.88 Å². The fraction of sp³-hybridized carbons (Fsp3) is 0.346. The van der Waals surface area contributed by atoms with Gasteiger partial charge in [0.05, 0.1) is 14.0 Å². The third-order valence-corrected chi connectivity index (χ3v) is 6.43. The Labute approximate surface area is 206 Å². The van der Waals surface area contributed by atoms with Crippen LogP contribution in [0.1, 0.15) is 29.5 Å². The summed E-state index contributed by atoms with van der Waals surface area (Å²) in [7, 11) is 8.63. The molecule has 3 aromatic heterocycles. The molecule has 3 aromatic rings. The van der Waals surface area contributed by atoms with Crippen LogP contribution in [-0.2, 0) is 0 Å². The smallest absolute Gasteiger partial charge is 0.154 e. The molecule has 2 atom stereocenters. The van der Waals surface area contributed by atoms with Gasteiger partial charge < -0.3 is 15.3 Å². The van der Waals surface area contributed by atoms with Crippen LogP contribution in [-0.4, -0.2) is 82.1 Å². The monoisotopic (exact) mass is 465 g/mol. The standard InChI is InChI=1S/C26H28BN7O/c1-32-9-11-33(12-10-32)18-20-5-6-22(14-24(20)27)31-26(35)21-13-19(15-28-16-21)4-7-23-17-29-25-3-2-8-30-34(23)25/h2-3,5-6,8,13,15-17,24,26,31,35H,9-12,14,18H2,1H3/t24-,26?/m1/s1. The van der Waals surface area contributed by atoms with E-state index in [4.69, 9.17) is 7.85 Å². The number of aliphatic hydroxyl groups is 1. The predicted octanol–water partition coefficient (Wildman–Crippen LogP) is 1.52. The topological polar surface area (TPSA) is 81.8 Å². The zero-order valence-corrected chi connectivity index (χ0v) is 19.8. The Hall–Kier alpha value is -3.45. The highest BCUT2D eigenvalue weighted by molar-refractivity contribution is 6.14. The Morgan fingerprint density at radius 3 is 2.86 bits per heavy atom. The molecule has 1 saturated heterocycles. The number of aliphatic hydroxyl groups excluding tert-OH is 1. The third-order valence-electron chi connectivity index (χ3n) is 6.43. The van der Waals surface area contributed by atoms with E-state index < -0.39 is 6.23 Å². The van der Waals surface area contributed by atoms with Gasteiger partial charge >= 0.3 is 0 Å². The molecule has 0 spiro atoms. The van der Waals surface area contributed by atoms with Gasteiger partial charge in [-0.1, -0.05) is 23.4 Å². The summed E-state index contributed by atoms with van der Waals surface area (Å²) in [6.07, 6.45) is 10.5. The normalized spacial score (nSPS) is 20.0. The van der Waals surface area contributed by atoms with Crippen LogP contribution in [0.15, 0.2) is 66.4 Å². The highest BCUT2D eigenvalue weighted by atomic mass is 16.3. The molecule has 5 rings (SSSR count). The zero-order chi connectivity index (χ0) is 24.2. The number of nitrogens with one attached hydrogen (secondary N) is 1. The number of likely N-dealkylation sites (N-methyl/N-ethyl adjacent to an activating group) is 1. The first kappa shape index (κ1) is 23.3. The summed E-state index contributed by atoms with van der Waals surface area (Å²) < 4.78 is 1.69. The highest BCUT2D eigenvalue weighted by Crippen LogP contribution is 2.28. The summed E-state index contributed by atoms with van der Waals surface area (Å²) in [6, 6.07) is 5.53. The van der Waals surface area contributed by atoms with Gasteiger partial charge in [-0.25, -0.2) is 9.50 Å². The van der Waals surface area contributed by atoms with E-state index in [1.54, 1.807) is 29.3 Å². The second-order valence-electron chi connectivity index (χ2n) is 9.06. The van der Waals surface area contributed by atoms with E-state index in [2.05, 4.69) is 55.1 Å². The number of allylic oxidation sites excluding steroid dienone is 3. The van der Waals surface area contributed by atoms with E-state index in [9.17, 15) is 5.11 Å². The van der Waals surface area contributed by atoms with E-state index >= 15 is 0 Å². The van der Waals surface area contributed by atoms with Gasteiger partial charge in [0, 0.05) is 68.1 Å². The Bertz CT molecular complexity index is 1310. The summed E-state index contributed by atoms with van der Waals surface area (Å²) in [4.78, 5) is 13.3. The minimum Gasteiger partial charge on any atom is -0.369 e. The van der Waals surface area contributed by atoms with Gasteiger partial charge in [-0.05, 0) is 43.7 Å². The number of aromatic nitrogens is 4. The first-order chi connectivity index (χ1) is 17.0. The van der Waals surface area contributed by atoms with Crippen molar-refractivity contribution in [2.24, 2.45) is 0 Å². The van der Waals surface area contributed by atoms with E-state index in [0.717, 1.165) is 44.1 Å². The van der Waals surface area contributed by atoms with Crippen molar-refractivity contribution in [3.63, 3.8) is 0 Å². The van der Waals surface area contributed by atoms with Gasteiger partial charge in [-0.2, -0.15) is 5.10 Å². The Morgan fingerprint density at radius 2 is 2.03 bits per heavy atom. The molecule has 2 aliphatic rings. The van der Waals surface area contributed by atoms with Crippen molar-refractivity contribution in [2.45, 2.75) is 18.5 Å². The number of nitrogens with zero attached hydrogens (tertiary/aromatic N) is 6. The lowest BCUT2D eigenvalue weighted by molar-refractivity contribution is 0.149. The van der Waals surface area contributed by atoms with Crippen LogP contribution < -0.4 is 5.32 Å². The molecule has 0 aromatic carbocycles. The van der Waals surface area contributed by atoms with Crippen LogP contribution in [0.25, 0.3) is 5.65 Å². The van der Waals surface area contributed by atoms with Crippen LogP contribution in [0.4, 0.5) is 0 Å². The molecule has 4 heterocycles. The molecule has 2 N–H and O–H groups in total. The summed E-state index contributed by atoms with van der Waals surface area (Å²) >= 11 is 0. The molecule has 0 bridgehead atoms. The molecule has 1 aliphatic carbocycles. The SMILES string of the molecule is [B][C@@H]1CC(NC(O)c2cncc(C#Cc3cnc4cccnn34)c2)=CC=C1CN1CCN(C)CC1. The molecule has 8 nitrogen and oxygen atoms in total. The van der Waals surface area contributed by atoms with Gasteiger partial charge in [0.25, 0.3) is 0 Å². The predicted molar refractivity (Wildman–Crippen MR) is 136 cm³/mol. The Balaban J connectivity index is 1.23. The molecule has 176 valence electrons. The minimum absolute atomic E-state index is 0.0660. The molecular weight excluding hydrogens is 437 g/mol. The molecule has 1 aliphatic heterocycles. The summed E-state index contributed by atoms with van der Waals surface area (Å²) in [5, 5.41) is 18.2. The fourth-order valence-electron chi connectivity index (χ4n) is 4.29. The maximum Gasteiger partial charge on any atom is 0.154 e. The van der Waals surface area contributed by atoms with Crippen LogP contribution in [0.5, 0.6) is 0 Å². The van der Waals surface area contributed by atoms with Crippen molar-refractivity contribution in [2.75, 3.05) is 39.8 Å². The zero-order valence-electron chi connectivity index (χ0n) is 19.8. The van der Waals surface area contributed by atoms with E-state index in [1.807, 2.05) is 24.3 Å². The molecule has 9 heteroatoms. The molecule has 1 unspecified atom stereocenters. The average Bonchev–Trinajstić information content (AvgIpc) is 3.29. The van der Waals surface area contributed by atoms with Crippen LogP contribution >= 0.6 is 0 Å². The summed E-state index contributed by atoms with van der Waals surface area (Å²) in [5.41, 5.74) is 4.89. The van der Waals surface area contributed by atoms with Crippen molar-refractivity contribution >= 4 is 13.5 Å². The average molecular weight is 465 g/mol. The lowest BCUT2D eigenvalue weighted by Crippen LogP contribution is -2.45. The van der Waals surface area contributed by atoms with Crippen molar-refractivity contribution < 1.29 is 5.11 Å². The van der Waals surface area contributed by atoms with Crippen molar-refractivity contribution in [1.29, 1.82) is 0 Å². The van der Waals surface area contributed by atoms with Crippen molar-refractivity contribution in [3.8, 4) is 11.8 Å². The van der Waals surface area contributed by atoms with Crippen LogP contribution in [0.3, 0.4) is 0 Å². The first-order valence-corrected chi connectivity index (χ1v) is 11.8. The Kier molecular flexibility index (Phi) is 6.95. The minimum atomic E-state index is -0.909. The molecule has 1 fully saturated rings. The van der Waals surface area contributed by atoms with Crippen LogP contribution in [0.2, 0.25) is 5.82 Å². The maximum atomic E-state index is 10.8. The number of hydrogen-bond donors (Lipinski definition) is 2. The van der Waals surface area contributed by atoms with E-state index in [0.29, 0.717) is 23.2 Å². The largest absolute Gasteiger partial charge is 0.369 e. The lowest BCUT2D eigenvalue weighted by Gasteiger charge is -2.35.